The summed E-state index contributed by atoms with van der Waals surface area (Å²) in [4.78, 5) is 12.7. The van der Waals surface area contributed by atoms with Crippen molar-refractivity contribution in [1.29, 1.82) is 0 Å². The van der Waals surface area contributed by atoms with E-state index >= 15 is 0 Å². The summed E-state index contributed by atoms with van der Waals surface area (Å²) in [6, 6.07) is -0.669. The van der Waals surface area contributed by atoms with Gasteiger partial charge in [0.15, 0.2) is 12.0 Å². The van der Waals surface area contributed by atoms with Crippen LogP contribution in [0.25, 0.3) is 0 Å². The predicted octanol–water partition coefficient (Wildman–Crippen LogP) is -3.46. The van der Waals surface area contributed by atoms with Crippen LogP contribution in [0, 0.1) is 0 Å². The van der Waals surface area contributed by atoms with Crippen LogP contribution >= 0.6 is 0 Å². The molecule has 2 amide bonds. The van der Waals surface area contributed by atoms with Gasteiger partial charge in [-0.2, -0.15) is 0 Å². The first-order chi connectivity index (χ1) is 8.35. The number of hydrogen-bond donors (Lipinski definition) is 6. The van der Waals surface area contributed by atoms with Crippen LogP contribution in [0.5, 0.6) is 0 Å². The van der Waals surface area contributed by atoms with Gasteiger partial charge in [0.2, 0.25) is 0 Å². The van der Waals surface area contributed by atoms with Gasteiger partial charge in [-0.3, -0.25) is 16.4 Å². The summed E-state index contributed by atoms with van der Waals surface area (Å²) >= 11 is 0. The molecule has 8 N–H and O–H groups in total. The lowest BCUT2D eigenvalue weighted by molar-refractivity contribution is -0.0668. The second-order valence-corrected chi connectivity index (χ2v) is 4.32. The minimum Gasteiger partial charge on any atom is -0.394 e. The van der Waals surface area contributed by atoms with E-state index in [1.807, 2.05) is 0 Å². The summed E-state index contributed by atoms with van der Waals surface area (Å²) in [7, 11) is 0. The van der Waals surface area contributed by atoms with E-state index in [1.165, 1.54) is 12.3 Å². The number of carbonyl (C=O) groups excluding carboxylic acids is 1. The average molecular weight is 260 g/mol. The molecule has 4 atom stereocenters. The number of urea groups is 1. The van der Waals surface area contributed by atoms with Crippen LogP contribution in [0.15, 0.2) is 12.3 Å². The Kier molecular flexibility index (Phi) is 3.27. The standard InChI is InChI=1S/C9H16N4O5/c10-9(11)1-2-13(8(17)12-9)7-6(16)5(15)4(3-14)18-7/h1-2,4-7,14-16H,3,10-11H2,(H,12,17)/t4-,5-,6-,7-/m1/s1. The third kappa shape index (κ3) is 2.19. The first kappa shape index (κ1) is 13.2. The molecule has 2 rings (SSSR count). The Balaban J connectivity index is 2.16. The van der Waals surface area contributed by atoms with Gasteiger partial charge in [0.1, 0.15) is 18.3 Å². The largest absolute Gasteiger partial charge is 0.394 e. The Bertz CT molecular complexity index is 374. The first-order valence-electron chi connectivity index (χ1n) is 5.36. The number of ether oxygens (including phenoxy) is 1. The highest BCUT2D eigenvalue weighted by molar-refractivity contribution is 5.78. The molecule has 0 radical (unpaired) electrons. The first-order valence-corrected chi connectivity index (χ1v) is 5.36. The maximum Gasteiger partial charge on any atom is 0.326 e. The van der Waals surface area contributed by atoms with Gasteiger partial charge in [0, 0.05) is 6.20 Å². The molecule has 102 valence electrons. The van der Waals surface area contributed by atoms with Crippen molar-refractivity contribution in [3.05, 3.63) is 12.3 Å². The van der Waals surface area contributed by atoms with Gasteiger partial charge in [-0.25, -0.2) is 4.79 Å². The smallest absolute Gasteiger partial charge is 0.326 e. The van der Waals surface area contributed by atoms with E-state index in [2.05, 4.69) is 5.32 Å². The molecule has 0 aliphatic carbocycles. The van der Waals surface area contributed by atoms with E-state index in [9.17, 15) is 15.0 Å². The average Bonchev–Trinajstić information content (AvgIpc) is 2.55. The van der Waals surface area contributed by atoms with Crippen LogP contribution in [0.1, 0.15) is 0 Å². The molecule has 0 aromatic heterocycles. The molecule has 2 aliphatic rings. The van der Waals surface area contributed by atoms with Crippen LogP contribution in [0.4, 0.5) is 4.79 Å². The summed E-state index contributed by atoms with van der Waals surface area (Å²) in [5.74, 6) is -1.47. The fourth-order valence-corrected chi connectivity index (χ4v) is 1.87. The molecule has 1 saturated heterocycles. The fraction of sp³-hybridized carbons (Fsp3) is 0.667. The lowest BCUT2D eigenvalue weighted by atomic mass is 10.1. The zero-order valence-electron chi connectivity index (χ0n) is 9.43. The van der Waals surface area contributed by atoms with Gasteiger partial charge in [-0.05, 0) is 6.08 Å². The van der Waals surface area contributed by atoms with Crippen LogP contribution in [0.3, 0.4) is 0 Å². The summed E-state index contributed by atoms with van der Waals surface area (Å²) in [5.41, 5.74) is 11.0. The third-order valence-corrected chi connectivity index (χ3v) is 2.86. The molecular weight excluding hydrogens is 244 g/mol. The van der Waals surface area contributed by atoms with Crippen molar-refractivity contribution in [2.75, 3.05) is 6.61 Å². The van der Waals surface area contributed by atoms with Crippen LogP contribution in [-0.2, 0) is 4.74 Å². The number of nitrogens with one attached hydrogen (secondary N) is 1. The number of nitrogens with two attached hydrogens (primary N) is 2. The second kappa shape index (κ2) is 4.46. The van der Waals surface area contributed by atoms with Crippen molar-refractivity contribution in [1.82, 2.24) is 10.2 Å². The Morgan fingerprint density at radius 3 is 2.61 bits per heavy atom. The number of aliphatic hydroxyl groups is 3. The van der Waals surface area contributed by atoms with Crippen molar-refractivity contribution >= 4 is 6.03 Å². The third-order valence-electron chi connectivity index (χ3n) is 2.86. The van der Waals surface area contributed by atoms with E-state index in [-0.39, 0.29) is 0 Å². The molecule has 0 saturated carbocycles. The van der Waals surface area contributed by atoms with E-state index < -0.39 is 43.0 Å². The summed E-state index contributed by atoms with van der Waals surface area (Å²) in [6.45, 7) is -0.467. The quantitative estimate of drug-likeness (QED) is 0.282. The lowest BCUT2D eigenvalue weighted by Crippen LogP contribution is -2.67. The number of aliphatic hydroxyl groups excluding tert-OH is 3. The molecule has 18 heavy (non-hydrogen) atoms. The molecule has 0 aromatic rings. The van der Waals surface area contributed by atoms with E-state index in [0.29, 0.717) is 0 Å². The molecule has 9 nitrogen and oxygen atoms in total. The fourth-order valence-electron chi connectivity index (χ4n) is 1.87. The lowest BCUT2D eigenvalue weighted by Gasteiger charge is -2.35. The van der Waals surface area contributed by atoms with Gasteiger partial charge in [-0.1, -0.05) is 0 Å². The Labute approximate surface area is 103 Å². The maximum absolute atomic E-state index is 11.7. The van der Waals surface area contributed by atoms with Crippen LogP contribution in [0.2, 0.25) is 0 Å². The topological polar surface area (TPSA) is 154 Å². The molecule has 0 unspecified atom stereocenters. The van der Waals surface area contributed by atoms with E-state index in [4.69, 9.17) is 21.3 Å². The minimum absolute atomic E-state index is 0.467. The number of hydrogen-bond acceptors (Lipinski definition) is 7. The molecule has 2 heterocycles. The highest BCUT2D eigenvalue weighted by atomic mass is 16.6. The highest BCUT2D eigenvalue weighted by Gasteiger charge is 2.47. The molecule has 0 aromatic carbocycles. The molecular formula is C9H16N4O5. The monoisotopic (exact) mass is 260 g/mol. The molecule has 1 fully saturated rings. The molecule has 2 aliphatic heterocycles. The van der Waals surface area contributed by atoms with Crippen molar-refractivity contribution in [2.24, 2.45) is 11.5 Å². The number of amides is 2. The van der Waals surface area contributed by atoms with E-state index in [1.54, 1.807) is 0 Å². The normalized spacial score (nSPS) is 38.9. The zero-order chi connectivity index (χ0) is 13.5. The van der Waals surface area contributed by atoms with Gasteiger partial charge in [-0.15, -0.1) is 0 Å². The highest BCUT2D eigenvalue weighted by Crippen LogP contribution is 2.25. The summed E-state index contributed by atoms with van der Waals surface area (Å²) in [5, 5.41) is 30.6. The van der Waals surface area contributed by atoms with Gasteiger partial charge in [0.05, 0.1) is 6.61 Å². The van der Waals surface area contributed by atoms with Crippen LogP contribution in [-0.4, -0.2) is 63.2 Å². The Morgan fingerprint density at radius 2 is 2.11 bits per heavy atom. The number of rotatable bonds is 2. The van der Waals surface area contributed by atoms with Gasteiger partial charge >= 0.3 is 6.03 Å². The van der Waals surface area contributed by atoms with Gasteiger partial charge in [0.25, 0.3) is 0 Å². The predicted molar refractivity (Wildman–Crippen MR) is 58.4 cm³/mol. The summed E-state index contributed by atoms with van der Waals surface area (Å²) in [6.07, 6.45) is -2.09. The van der Waals surface area contributed by atoms with Crippen molar-refractivity contribution in [3.8, 4) is 0 Å². The van der Waals surface area contributed by atoms with Crippen molar-refractivity contribution < 1.29 is 24.9 Å². The van der Waals surface area contributed by atoms with Gasteiger partial charge < -0.3 is 25.4 Å². The second-order valence-electron chi connectivity index (χ2n) is 4.32. The van der Waals surface area contributed by atoms with Crippen molar-refractivity contribution in [3.63, 3.8) is 0 Å². The zero-order valence-corrected chi connectivity index (χ0v) is 9.43. The van der Waals surface area contributed by atoms with Crippen molar-refractivity contribution in [2.45, 2.75) is 30.3 Å². The molecule has 0 bridgehead atoms. The molecule has 0 spiro atoms. The Morgan fingerprint density at radius 1 is 1.44 bits per heavy atom. The minimum atomic E-state index is -1.47. The number of nitrogens with zero attached hydrogens (tertiary/aromatic N) is 1. The van der Waals surface area contributed by atoms with Crippen LogP contribution < -0.4 is 16.8 Å². The number of carbonyl (C=O) groups is 1. The van der Waals surface area contributed by atoms with E-state index in [0.717, 1.165) is 4.90 Å². The maximum atomic E-state index is 11.7. The summed E-state index contributed by atoms with van der Waals surface area (Å²) < 4.78 is 5.20. The Hall–Kier alpha value is -1.23. The SMILES string of the molecule is NC1(N)C=CN([C@@H]2O[C@H](CO)[C@@H](O)[C@H]2O)C(=O)N1. The molecule has 9 heteroatoms.